The van der Waals surface area contributed by atoms with Gasteiger partial charge in [-0.05, 0) is 43.3 Å². The summed E-state index contributed by atoms with van der Waals surface area (Å²) in [6.45, 7) is 6.60. The molecule has 4 rings (SSSR count). The monoisotopic (exact) mass is 404 g/mol. The van der Waals surface area contributed by atoms with Crippen molar-refractivity contribution in [3.63, 3.8) is 0 Å². The molecule has 1 aliphatic heterocycles. The number of hydrogen-bond donors (Lipinski definition) is 2. The van der Waals surface area contributed by atoms with Gasteiger partial charge in [0.1, 0.15) is 11.6 Å². The van der Waals surface area contributed by atoms with Gasteiger partial charge in [-0.2, -0.15) is 0 Å². The Morgan fingerprint density at radius 1 is 1.00 bits per heavy atom. The van der Waals surface area contributed by atoms with Crippen molar-refractivity contribution in [2.45, 2.75) is 13.8 Å². The third-order valence-electron chi connectivity index (χ3n) is 4.78. The van der Waals surface area contributed by atoms with E-state index < -0.39 is 0 Å². The minimum atomic E-state index is -0.0970. The van der Waals surface area contributed by atoms with Crippen LogP contribution >= 0.6 is 0 Å². The van der Waals surface area contributed by atoms with Gasteiger partial charge in [-0.3, -0.25) is 4.79 Å². The van der Waals surface area contributed by atoms with E-state index in [1.54, 1.807) is 6.20 Å². The van der Waals surface area contributed by atoms with Gasteiger partial charge >= 0.3 is 0 Å². The number of aryl methyl sites for hydroxylation is 1. The fourth-order valence-corrected chi connectivity index (χ4v) is 3.18. The first kappa shape index (κ1) is 19.8. The van der Waals surface area contributed by atoms with Crippen molar-refractivity contribution < 1.29 is 9.53 Å². The minimum Gasteiger partial charge on any atom is -0.378 e. The summed E-state index contributed by atoms with van der Waals surface area (Å²) in [5.41, 5.74) is 3.41. The summed E-state index contributed by atoms with van der Waals surface area (Å²) < 4.78 is 5.40. The molecule has 0 saturated carbocycles. The van der Waals surface area contributed by atoms with Crippen LogP contribution in [0, 0.1) is 6.92 Å². The van der Waals surface area contributed by atoms with Crippen LogP contribution in [0.15, 0.2) is 48.8 Å². The Labute approximate surface area is 175 Å². The normalized spacial score (nSPS) is 13.7. The van der Waals surface area contributed by atoms with Crippen molar-refractivity contribution in [3.05, 3.63) is 54.4 Å². The number of pyridine rings is 1. The van der Waals surface area contributed by atoms with E-state index in [1.165, 1.54) is 6.92 Å². The highest BCUT2D eigenvalue weighted by molar-refractivity contribution is 5.88. The van der Waals surface area contributed by atoms with Gasteiger partial charge < -0.3 is 20.3 Å². The maximum absolute atomic E-state index is 11.2. The molecule has 3 aromatic rings. The van der Waals surface area contributed by atoms with E-state index in [4.69, 9.17) is 4.74 Å². The molecule has 154 valence electrons. The van der Waals surface area contributed by atoms with Crippen LogP contribution in [0.4, 0.5) is 23.0 Å². The van der Waals surface area contributed by atoms with Crippen LogP contribution in [-0.4, -0.2) is 47.2 Å². The number of amides is 1. The average molecular weight is 404 g/mol. The van der Waals surface area contributed by atoms with Gasteiger partial charge in [0.15, 0.2) is 5.82 Å². The molecule has 0 aliphatic carbocycles. The lowest BCUT2D eigenvalue weighted by Gasteiger charge is -2.27. The Kier molecular flexibility index (Phi) is 5.85. The number of carbonyl (C=O) groups excluding carboxylic acids is 1. The third kappa shape index (κ3) is 4.72. The van der Waals surface area contributed by atoms with E-state index in [-0.39, 0.29) is 5.91 Å². The van der Waals surface area contributed by atoms with Crippen LogP contribution in [0.1, 0.15) is 12.5 Å². The van der Waals surface area contributed by atoms with E-state index >= 15 is 0 Å². The quantitative estimate of drug-likeness (QED) is 0.673. The Hall–Kier alpha value is -3.52. The highest BCUT2D eigenvalue weighted by Gasteiger charge is 2.13. The lowest BCUT2D eigenvalue weighted by atomic mass is 10.2. The Bertz CT molecular complexity index is 1010. The van der Waals surface area contributed by atoms with Crippen molar-refractivity contribution in [1.29, 1.82) is 0 Å². The van der Waals surface area contributed by atoms with Crippen LogP contribution in [-0.2, 0) is 9.53 Å². The summed E-state index contributed by atoms with van der Waals surface area (Å²) in [5, 5.41) is 6.08. The number of anilines is 4. The predicted molar refractivity (Wildman–Crippen MR) is 117 cm³/mol. The first-order valence-corrected chi connectivity index (χ1v) is 9.86. The molecule has 0 atom stereocenters. The number of ether oxygens (including phenoxy) is 1. The second-order valence-electron chi connectivity index (χ2n) is 7.11. The number of carbonyl (C=O) groups is 1. The largest absolute Gasteiger partial charge is 0.378 e. The molecule has 1 aromatic carbocycles. The summed E-state index contributed by atoms with van der Waals surface area (Å²) in [6.07, 6.45) is 3.60. The zero-order valence-corrected chi connectivity index (χ0v) is 17.1. The second-order valence-corrected chi connectivity index (χ2v) is 7.11. The zero-order valence-electron chi connectivity index (χ0n) is 17.1. The van der Waals surface area contributed by atoms with Crippen LogP contribution < -0.4 is 15.5 Å². The highest BCUT2D eigenvalue weighted by atomic mass is 16.5. The molecule has 2 aromatic heterocycles. The predicted octanol–water partition coefficient (Wildman–Crippen LogP) is 3.39. The summed E-state index contributed by atoms with van der Waals surface area (Å²) in [6, 6.07) is 11.5. The molecular weight excluding hydrogens is 380 g/mol. The lowest BCUT2D eigenvalue weighted by molar-refractivity contribution is -0.114. The lowest BCUT2D eigenvalue weighted by Crippen LogP contribution is -2.36. The molecule has 2 N–H and O–H groups in total. The smallest absolute Gasteiger partial charge is 0.221 e. The molecule has 1 saturated heterocycles. The average Bonchev–Trinajstić information content (AvgIpc) is 2.77. The van der Waals surface area contributed by atoms with Gasteiger partial charge in [-0.15, -0.1) is 0 Å². The molecule has 0 radical (unpaired) electrons. The van der Waals surface area contributed by atoms with E-state index in [2.05, 4.69) is 30.5 Å². The number of morpholine rings is 1. The summed E-state index contributed by atoms with van der Waals surface area (Å²) >= 11 is 0. The zero-order chi connectivity index (χ0) is 20.9. The van der Waals surface area contributed by atoms with Crippen LogP contribution in [0.25, 0.3) is 11.4 Å². The van der Waals surface area contributed by atoms with Crippen LogP contribution in [0.5, 0.6) is 0 Å². The summed E-state index contributed by atoms with van der Waals surface area (Å²) in [5.74, 6) is 2.18. The Morgan fingerprint density at radius 2 is 1.73 bits per heavy atom. The first-order valence-electron chi connectivity index (χ1n) is 9.86. The first-order chi connectivity index (χ1) is 14.6. The van der Waals surface area contributed by atoms with Gasteiger partial charge in [-0.25, -0.2) is 15.0 Å². The minimum absolute atomic E-state index is 0.0970. The summed E-state index contributed by atoms with van der Waals surface area (Å²) in [7, 11) is 0. The molecule has 1 amide bonds. The fraction of sp³-hybridized carbons (Fsp3) is 0.273. The Balaban J connectivity index is 1.50. The molecule has 1 aliphatic rings. The van der Waals surface area contributed by atoms with Gasteiger partial charge in [0.2, 0.25) is 5.91 Å². The standard InChI is InChI=1S/C22H24N6O2/c1-15-13-24-22(17-3-8-20(23-14-17)28-9-11-30-12-10-28)27-21(15)26-19-6-4-18(5-7-19)25-16(2)29/h3-8,13-14H,9-12H2,1-2H3,(H,25,29)(H,24,26,27). The molecule has 3 heterocycles. The van der Waals surface area contributed by atoms with Crippen molar-refractivity contribution in [3.8, 4) is 11.4 Å². The fourth-order valence-electron chi connectivity index (χ4n) is 3.18. The molecule has 30 heavy (non-hydrogen) atoms. The number of benzene rings is 1. The van der Waals surface area contributed by atoms with Crippen molar-refractivity contribution in [2.24, 2.45) is 0 Å². The van der Waals surface area contributed by atoms with Crippen LogP contribution in [0.3, 0.4) is 0 Å². The maximum atomic E-state index is 11.2. The van der Waals surface area contributed by atoms with Crippen molar-refractivity contribution >= 4 is 28.9 Å². The van der Waals surface area contributed by atoms with Crippen molar-refractivity contribution in [1.82, 2.24) is 15.0 Å². The topological polar surface area (TPSA) is 92.3 Å². The van der Waals surface area contributed by atoms with E-state index in [9.17, 15) is 4.79 Å². The third-order valence-corrected chi connectivity index (χ3v) is 4.78. The van der Waals surface area contributed by atoms with Crippen molar-refractivity contribution in [2.75, 3.05) is 41.8 Å². The maximum Gasteiger partial charge on any atom is 0.221 e. The molecule has 1 fully saturated rings. The van der Waals surface area contributed by atoms with Gasteiger partial charge in [0, 0.05) is 54.9 Å². The number of nitrogens with zero attached hydrogens (tertiary/aromatic N) is 4. The second kappa shape index (κ2) is 8.87. The molecule has 0 spiro atoms. The highest BCUT2D eigenvalue weighted by Crippen LogP contribution is 2.24. The molecule has 0 unspecified atom stereocenters. The van der Waals surface area contributed by atoms with Gasteiger partial charge in [0.25, 0.3) is 0 Å². The number of nitrogens with one attached hydrogen (secondary N) is 2. The molecular formula is C22H24N6O2. The van der Waals surface area contributed by atoms with E-state index in [0.29, 0.717) is 5.82 Å². The van der Waals surface area contributed by atoms with E-state index in [1.807, 2.05) is 49.5 Å². The van der Waals surface area contributed by atoms with Gasteiger partial charge in [0.05, 0.1) is 13.2 Å². The molecule has 8 nitrogen and oxygen atoms in total. The van der Waals surface area contributed by atoms with Gasteiger partial charge in [-0.1, -0.05) is 0 Å². The number of hydrogen-bond acceptors (Lipinski definition) is 7. The molecule has 8 heteroatoms. The number of rotatable bonds is 5. The Morgan fingerprint density at radius 3 is 2.40 bits per heavy atom. The SMILES string of the molecule is CC(=O)Nc1ccc(Nc2nc(-c3ccc(N4CCOCC4)nc3)ncc2C)cc1. The van der Waals surface area contributed by atoms with E-state index in [0.717, 1.165) is 60.4 Å². The van der Waals surface area contributed by atoms with Crippen LogP contribution in [0.2, 0.25) is 0 Å². The number of aromatic nitrogens is 3. The summed E-state index contributed by atoms with van der Waals surface area (Å²) in [4.78, 5) is 27.1. The molecule has 0 bridgehead atoms.